The molecule has 24 heavy (non-hydrogen) atoms. The van der Waals surface area contributed by atoms with Crippen LogP contribution < -0.4 is 14.8 Å². The minimum atomic E-state index is -0.515. The lowest BCUT2D eigenvalue weighted by Gasteiger charge is -2.20. The Morgan fingerprint density at radius 1 is 1.33 bits per heavy atom. The molecule has 1 aromatic heterocycles. The minimum absolute atomic E-state index is 0.132. The van der Waals surface area contributed by atoms with Crippen LogP contribution in [0.3, 0.4) is 0 Å². The summed E-state index contributed by atoms with van der Waals surface area (Å²) < 4.78 is 16.8. The van der Waals surface area contributed by atoms with Gasteiger partial charge in [0.25, 0.3) is 0 Å². The van der Waals surface area contributed by atoms with Gasteiger partial charge in [0.15, 0.2) is 0 Å². The molecule has 6 heteroatoms. The van der Waals surface area contributed by atoms with Crippen LogP contribution in [0.5, 0.6) is 11.8 Å². The molecule has 0 aromatic carbocycles. The Balaban J connectivity index is 1.66. The summed E-state index contributed by atoms with van der Waals surface area (Å²) in [5.41, 5.74) is 0.737. The average Bonchev–Trinajstić information content (AvgIpc) is 3.19. The van der Waals surface area contributed by atoms with E-state index in [1.54, 1.807) is 6.07 Å². The van der Waals surface area contributed by atoms with Gasteiger partial charge in [-0.15, -0.1) is 0 Å². The molecular formula is C18H26N2O4. The molecule has 6 nitrogen and oxygen atoms in total. The van der Waals surface area contributed by atoms with E-state index in [9.17, 15) is 4.79 Å². The molecule has 2 fully saturated rings. The zero-order valence-electron chi connectivity index (χ0n) is 14.6. The molecule has 2 heterocycles. The Morgan fingerprint density at radius 3 is 2.75 bits per heavy atom. The van der Waals surface area contributed by atoms with Crippen LogP contribution >= 0.6 is 0 Å². The summed E-state index contributed by atoms with van der Waals surface area (Å²) in [6.07, 6.45) is 4.02. The molecule has 0 bridgehead atoms. The van der Waals surface area contributed by atoms with Gasteiger partial charge in [-0.2, -0.15) is 4.98 Å². The second kappa shape index (κ2) is 6.97. The van der Waals surface area contributed by atoms with E-state index in [-0.39, 0.29) is 17.5 Å². The van der Waals surface area contributed by atoms with Gasteiger partial charge in [-0.25, -0.2) is 4.79 Å². The quantitative estimate of drug-likeness (QED) is 0.893. The van der Waals surface area contributed by atoms with E-state index in [2.05, 4.69) is 10.3 Å². The number of hydrogen-bond acceptors (Lipinski definition) is 5. The van der Waals surface area contributed by atoms with Crippen molar-refractivity contribution >= 4 is 6.09 Å². The molecule has 1 saturated carbocycles. The zero-order valence-corrected chi connectivity index (χ0v) is 14.6. The van der Waals surface area contributed by atoms with Gasteiger partial charge in [0.2, 0.25) is 11.8 Å². The lowest BCUT2D eigenvalue weighted by molar-refractivity contribution is 0.0657. The Hall–Kier alpha value is -1.82. The van der Waals surface area contributed by atoms with E-state index in [1.165, 1.54) is 0 Å². The van der Waals surface area contributed by atoms with Gasteiger partial charge in [-0.1, -0.05) is 0 Å². The number of pyridine rings is 1. The van der Waals surface area contributed by atoms with Crippen molar-refractivity contribution in [1.29, 1.82) is 0 Å². The number of amides is 1. The summed E-state index contributed by atoms with van der Waals surface area (Å²) in [7, 11) is 0. The molecule has 1 unspecified atom stereocenters. The topological polar surface area (TPSA) is 69.7 Å². The van der Waals surface area contributed by atoms with Crippen molar-refractivity contribution in [2.75, 3.05) is 13.2 Å². The fourth-order valence-corrected chi connectivity index (χ4v) is 2.69. The van der Waals surface area contributed by atoms with Gasteiger partial charge in [0, 0.05) is 23.8 Å². The molecule has 1 aliphatic carbocycles. The Kier molecular flexibility index (Phi) is 4.94. The lowest BCUT2D eigenvalue weighted by Crippen LogP contribution is -2.42. The Bertz CT molecular complexity index is 587. The van der Waals surface area contributed by atoms with Crippen molar-refractivity contribution in [3.63, 3.8) is 0 Å². The SMILES string of the molecule is CC(C)(C)NC(=O)Oc1ccc(C2CC2)c(OCC2CCCO2)n1. The molecule has 1 aromatic rings. The van der Waals surface area contributed by atoms with Crippen LogP contribution in [0.15, 0.2) is 12.1 Å². The Labute approximate surface area is 142 Å². The fourth-order valence-electron chi connectivity index (χ4n) is 2.69. The van der Waals surface area contributed by atoms with Crippen LogP contribution in [0.25, 0.3) is 0 Å². The van der Waals surface area contributed by atoms with E-state index in [4.69, 9.17) is 14.2 Å². The standard InChI is InChI=1S/C18H26N2O4/c1-18(2,3)20-17(21)24-15-9-8-14(12-6-7-12)16(19-15)23-11-13-5-4-10-22-13/h8-9,12-13H,4-7,10-11H2,1-3H3,(H,20,21). The van der Waals surface area contributed by atoms with Gasteiger partial charge < -0.3 is 19.5 Å². The molecule has 132 valence electrons. The van der Waals surface area contributed by atoms with E-state index < -0.39 is 6.09 Å². The third kappa shape index (κ3) is 4.84. The molecule has 1 N–H and O–H groups in total. The zero-order chi connectivity index (χ0) is 17.2. The molecule has 1 amide bonds. The van der Waals surface area contributed by atoms with E-state index in [1.807, 2.05) is 26.8 Å². The average molecular weight is 334 g/mol. The maximum Gasteiger partial charge on any atom is 0.414 e. The summed E-state index contributed by atoms with van der Waals surface area (Å²) in [4.78, 5) is 16.3. The van der Waals surface area contributed by atoms with Crippen LogP contribution in [0.2, 0.25) is 0 Å². The van der Waals surface area contributed by atoms with Crippen molar-refractivity contribution in [3.05, 3.63) is 17.7 Å². The molecule has 0 radical (unpaired) electrons. The first-order chi connectivity index (χ1) is 11.4. The van der Waals surface area contributed by atoms with Gasteiger partial charge in [-0.3, -0.25) is 0 Å². The minimum Gasteiger partial charge on any atom is -0.475 e. The van der Waals surface area contributed by atoms with Crippen molar-refractivity contribution in [1.82, 2.24) is 10.3 Å². The molecule has 1 atom stereocenters. The number of nitrogens with zero attached hydrogens (tertiary/aromatic N) is 1. The number of nitrogens with one attached hydrogen (secondary N) is 1. The highest BCUT2D eigenvalue weighted by atomic mass is 16.6. The summed E-state index contributed by atoms with van der Waals surface area (Å²) in [5.74, 6) is 1.33. The first kappa shape index (κ1) is 17.0. The molecule has 2 aliphatic rings. The van der Waals surface area contributed by atoms with Crippen molar-refractivity contribution in [3.8, 4) is 11.8 Å². The summed E-state index contributed by atoms with van der Waals surface area (Å²) in [5, 5.41) is 2.75. The summed E-state index contributed by atoms with van der Waals surface area (Å²) in [6, 6.07) is 3.68. The van der Waals surface area contributed by atoms with Crippen LogP contribution in [-0.2, 0) is 4.74 Å². The third-order valence-electron chi connectivity index (χ3n) is 3.99. The summed E-state index contributed by atoms with van der Waals surface area (Å²) in [6.45, 7) is 6.98. The summed E-state index contributed by atoms with van der Waals surface area (Å²) >= 11 is 0. The first-order valence-corrected chi connectivity index (χ1v) is 8.66. The number of rotatable bonds is 5. The van der Waals surface area contributed by atoms with E-state index in [0.717, 1.165) is 37.9 Å². The normalized spacial score (nSPS) is 20.7. The van der Waals surface area contributed by atoms with Gasteiger partial charge >= 0.3 is 6.09 Å². The second-order valence-corrected chi connectivity index (χ2v) is 7.53. The van der Waals surface area contributed by atoms with Crippen molar-refractivity contribution < 1.29 is 19.0 Å². The van der Waals surface area contributed by atoms with E-state index in [0.29, 0.717) is 18.4 Å². The van der Waals surface area contributed by atoms with Gasteiger partial charge in [0.05, 0.1) is 6.10 Å². The molecule has 3 rings (SSSR count). The highest BCUT2D eigenvalue weighted by Gasteiger charge is 2.29. The monoisotopic (exact) mass is 334 g/mol. The fraction of sp³-hybridized carbons (Fsp3) is 0.667. The van der Waals surface area contributed by atoms with Crippen LogP contribution in [0.1, 0.15) is 57.9 Å². The number of hydrogen-bond donors (Lipinski definition) is 1. The lowest BCUT2D eigenvalue weighted by atomic mass is 10.1. The Morgan fingerprint density at radius 2 is 2.12 bits per heavy atom. The van der Waals surface area contributed by atoms with Crippen LogP contribution in [-0.4, -0.2) is 35.9 Å². The first-order valence-electron chi connectivity index (χ1n) is 8.66. The number of carbonyl (C=O) groups excluding carboxylic acids is 1. The van der Waals surface area contributed by atoms with Crippen LogP contribution in [0.4, 0.5) is 4.79 Å². The molecule has 0 spiro atoms. The van der Waals surface area contributed by atoms with Crippen LogP contribution in [0, 0.1) is 0 Å². The maximum absolute atomic E-state index is 11.9. The number of ether oxygens (including phenoxy) is 3. The molecular weight excluding hydrogens is 308 g/mol. The second-order valence-electron chi connectivity index (χ2n) is 7.53. The smallest absolute Gasteiger partial charge is 0.414 e. The molecule has 1 aliphatic heterocycles. The predicted octanol–water partition coefficient (Wildman–Crippen LogP) is 3.40. The van der Waals surface area contributed by atoms with Gasteiger partial charge in [0.1, 0.15) is 6.61 Å². The van der Waals surface area contributed by atoms with Crippen molar-refractivity contribution in [2.24, 2.45) is 0 Å². The number of carbonyl (C=O) groups is 1. The van der Waals surface area contributed by atoms with E-state index >= 15 is 0 Å². The predicted molar refractivity (Wildman–Crippen MR) is 89.6 cm³/mol. The van der Waals surface area contributed by atoms with Gasteiger partial charge in [-0.05, 0) is 58.4 Å². The highest BCUT2D eigenvalue weighted by Crippen LogP contribution is 2.44. The number of aromatic nitrogens is 1. The molecule has 1 saturated heterocycles. The maximum atomic E-state index is 11.9. The van der Waals surface area contributed by atoms with Crippen molar-refractivity contribution in [2.45, 2.75) is 64.0 Å². The highest BCUT2D eigenvalue weighted by molar-refractivity contribution is 5.70. The largest absolute Gasteiger partial charge is 0.475 e. The third-order valence-corrected chi connectivity index (χ3v) is 3.99.